The van der Waals surface area contributed by atoms with E-state index in [1.807, 2.05) is 27.7 Å². The minimum Gasteiger partial charge on any atom is -0.872 e. The maximum Gasteiger partial charge on any atom is 2.00 e. The molecule has 4 rings (SSSR count). The molecule has 2 aromatic carbocycles. The number of carbonyl (C=O) groups excluding carboxylic acids is 1. The normalized spacial score (nSPS) is 17.7. The summed E-state index contributed by atoms with van der Waals surface area (Å²) < 4.78 is 0. The summed E-state index contributed by atoms with van der Waals surface area (Å²) in [6.07, 6.45) is 8.53. The van der Waals surface area contributed by atoms with Crippen molar-refractivity contribution >= 4 is 29.5 Å². The fourth-order valence-corrected chi connectivity index (χ4v) is 3.72. The third-order valence-electron chi connectivity index (χ3n) is 5.64. The Bertz CT molecular complexity index is 1030. The van der Waals surface area contributed by atoms with Crippen molar-refractivity contribution in [3.05, 3.63) is 74.9 Å². The Morgan fingerprint density at radius 3 is 1.76 bits per heavy atom. The molecule has 0 spiro atoms. The van der Waals surface area contributed by atoms with Crippen LogP contribution in [-0.2, 0) is 17.1 Å². The molecular weight excluding hydrogens is 464 g/mol. The van der Waals surface area contributed by atoms with E-state index in [4.69, 9.17) is 0 Å². The molecule has 2 unspecified atom stereocenters. The molecule has 0 aliphatic carbocycles. The van der Waals surface area contributed by atoms with Crippen LogP contribution in [0.25, 0.3) is 22.8 Å². The van der Waals surface area contributed by atoms with Crippen LogP contribution in [0.2, 0.25) is 0 Å². The van der Waals surface area contributed by atoms with Gasteiger partial charge in [-0.15, -0.1) is 23.5 Å². The summed E-state index contributed by atoms with van der Waals surface area (Å²) in [5.74, 6) is -1.60. The van der Waals surface area contributed by atoms with Crippen molar-refractivity contribution in [1.29, 1.82) is 0 Å². The van der Waals surface area contributed by atoms with Crippen LogP contribution in [0.3, 0.4) is 0 Å². The zero-order valence-electron chi connectivity index (χ0n) is 19.8. The van der Waals surface area contributed by atoms with E-state index in [-0.39, 0.29) is 46.6 Å². The van der Waals surface area contributed by atoms with Crippen molar-refractivity contribution in [3.63, 3.8) is 0 Å². The zero-order chi connectivity index (χ0) is 23.6. The third kappa shape index (κ3) is 6.01. The Kier molecular flexibility index (Phi) is 8.82. The summed E-state index contributed by atoms with van der Waals surface area (Å²) in [5, 5.41) is 32.0. The van der Waals surface area contributed by atoms with E-state index in [1.54, 1.807) is 6.07 Å². The van der Waals surface area contributed by atoms with Crippen molar-refractivity contribution in [2.24, 2.45) is 0 Å². The average Bonchev–Trinajstić information content (AvgIpc) is 2.73. The van der Waals surface area contributed by atoms with Crippen LogP contribution in [0.1, 0.15) is 86.0 Å². The van der Waals surface area contributed by atoms with Crippen LogP contribution >= 0.6 is 0 Å². The van der Waals surface area contributed by atoms with E-state index < -0.39 is 11.7 Å². The first-order chi connectivity index (χ1) is 15.1. The molecule has 5 nitrogen and oxygen atoms in total. The average molecular weight is 494 g/mol. The Labute approximate surface area is 207 Å². The number of aromatic carboxylic acids is 1. The number of rotatable bonds is 3. The first kappa shape index (κ1) is 26.6. The van der Waals surface area contributed by atoms with Gasteiger partial charge in [0.1, 0.15) is 0 Å². The van der Waals surface area contributed by atoms with Crippen LogP contribution in [0, 0.1) is 0 Å². The molecule has 0 saturated carbocycles. The molecule has 1 radical (unpaired) electrons. The molecule has 179 valence electrons. The molecule has 0 aromatic heterocycles. The Morgan fingerprint density at radius 2 is 1.36 bits per heavy atom. The minimum absolute atomic E-state index is 0. The molecule has 2 aromatic rings. The van der Waals surface area contributed by atoms with Gasteiger partial charge >= 0.3 is 17.1 Å². The van der Waals surface area contributed by atoms with Crippen molar-refractivity contribution < 1.29 is 32.1 Å². The van der Waals surface area contributed by atoms with Gasteiger partial charge in [-0.3, -0.25) is 0 Å². The predicted octanol–water partition coefficient (Wildman–Crippen LogP) is 5.90. The van der Waals surface area contributed by atoms with Gasteiger partial charge < -0.3 is 25.6 Å². The second-order valence-corrected chi connectivity index (χ2v) is 8.98. The molecule has 2 atom stereocenters. The quantitative estimate of drug-likeness (QED) is 0.498. The van der Waals surface area contributed by atoms with E-state index in [1.165, 1.54) is 17.2 Å². The van der Waals surface area contributed by atoms with Crippen LogP contribution in [0.5, 0.6) is 5.75 Å². The zero-order valence-corrected chi connectivity index (χ0v) is 20.8. The van der Waals surface area contributed by atoms with Crippen LogP contribution in [0.15, 0.2) is 36.4 Å². The summed E-state index contributed by atoms with van der Waals surface area (Å²) in [5.41, 5.74) is 5.67. The Morgan fingerprint density at radius 1 is 0.879 bits per heavy atom. The molecule has 0 amide bonds. The SMILES string of the molecule is CC(C)c1cc(C(=O)[O-])c([O-])c(C(C)C)c1.CC1C=Cc2ccc3c(c2[N-]1)[N-]C(C)C=C3.[Cu+2]. The van der Waals surface area contributed by atoms with Gasteiger partial charge in [0.05, 0.1) is 5.97 Å². The summed E-state index contributed by atoms with van der Waals surface area (Å²) in [4.78, 5) is 10.9. The molecule has 0 N–H and O–H groups in total. The molecule has 33 heavy (non-hydrogen) atoms. The fraction of sp³-hybridized carbons (Fsp3) is 0.370. The van der Waals surface area contributed by atoms with Crippen molar-refractivity contribution in [3.8, 4) is 5.75 Å². The monoisotopic (exact) mass is 493 g/mol. The number of carbonyl (C=O) groups is 1. The van der Waals surface area contributed by atoms with Gasteiger partial charge in [0.2, 0.25) is 0 Å². The van der Waals surface area contributed by atoms with E-state index in [9.17, 15) is 15.0 Å². The predicted molar refractivity (Wildman–Crippen MR) is 128 cm³/mol. The number of hydrogen-bond acceptors (Lipinski definition) is 3. The molecular formula is C27H30CuN2O3-2. The van der Waals surface area contributed by atoms with E-state index in [0.717, 1.165) is 16.9 Å². The molecule has 2 aliphatic rings. The van der Waals surface area contributed by atoms with Gasteiger partial charge in [0.25, 0.3) is 0 Å². The topological polar surface area (TPSA) is 91.4 Å². The summed E-state index contributed by atoms with van der Waals surface area (Å²) in [7, 11) is 0. The number of carboxylic acids is 1. The summed E-state index contributed by atoms with van der Waals surface area (Å²) >= 11 is 0. The Balaban J connectivity index is 0.000000227. The molecule has 2 aliphatic heterocycles. The van der Waals surface area contributed by atoms with E-state index in [2.05, 4.69) is 60.9 Å². The maximum atomic E-state index is 11.8. The smallest absolute Gasteiger partial charge is 0.872 e. The third-order valence-corrected chi connectivity index (χ3v) is 5.64. The number of fused-ring (bicyclic) bond motifs is 3. The van der Waals surface area contributed by atoms with Crippen LogP contribution in [0.4, 0.5) is 11.4 Å². The van der Waals surface area contributed by atoms with Gasteiger partial charge in [0.15, 0.2) is 0 Å². The van der Waals surface area contributed by atoms with Gasteiger partial charge in [-0.2, -0.15) is 0 Å². The van der Waals surface area contributed by atoms with E-state index >= 15 is 0 Å². The molecule has 0 bridgehead atoms. The van der Waals surface area contributed by atoms with Crippen molar-refractivity contribution in [1.82, 2.24) is 0 Å². The second-order valence-electron chi connectivity index (χ2n) is 8.98. The first-order valence-electron chi connectivity index (χ1n) is 11.1. The molecule has 0 fully saturated rings. The Hall–Kier alpha value is -2.69. The van der Waals surface area contributed by atoms with Crippen molar-refractivity contribution in [2.75, 3.05) is 0 Å². The van der Waals surface area contributed by atoms with Gasteiger partial charge in [-0.1, -0.05) is 101 Å². The maximum absolute atomic E-state index is 11.8. The number of nitrogens with zero attached hydrogens (tertiary/aromatic N) is 2. The second kappa shape index (κ2) is 11.0. The number of hydrogen-bond donors (Lipinski definition) is 0. The summed E-state index contributed by atoms with van der Waals surface area (Å²) in [6, 6.07) is 7.98. The number of benzene rings is 2. The van der Waals surface area contributed by atoms with E-state index in [0.29, 0.717) is 5.56 Å². The number of carboxylic acid groups (broad SMARTS) is 1. The molecule has 0 saturated heterocycles. The minimum atomic E-state index is -1.39. The fourth-order valence-electron chi connectivity index (χ4n) is 3.72. The first-order valence-corrected chi connectivity index (χ1v) is 11.1. The van der Waals surface area contributed by atoms with Gasteiger partial charge in [0, 0.05) is 0 Å². The van der Waals surface area contributed by atoms with Crippen LogP contribution in [-0.4, -0.2) is 18.1 Å². The van der Waals surface area contributed by atoms with Crippen LogP contribution < -0.4 is 10.2 Å². The summed E-state index contributed by atoms with van der Waals surface area (Å²) in [6.45, 7) is 11.9. The van der Waals surface area contributed by atoms with Gasteiger partial charge in [-0.25, -0.2) is 0 Å². The molecule has 6 heteroatoms. The standard InChI is InChI=1S/C14H14N2.C13H18O3.Cu/c1-9-3-5-11-7-8-12-6-4-10(2)16-14(12)13(11)15-9;1-7(2)9-5-10(8(3)4)12(14)11(6-9)13(15)16;/h3-10H,1-2H3;5-8,14H,1-4H3,(H,15,16);/q-2;;+2/p-2. The van der Waals surface area contributed by atoms with Crippen molar-refractivity contribution in [2.45, 2.75) is 65.5 Å². The van der Waals surface area contributed by atoms with Gasteiger partial charge in [-0.05, 0) is 34.1 Å². The largest absolute Gasteiger partial charge is 2.00 e. The molecule has 2 heterocycles.